The fraction of sp³-hybridized carbons (Fsp3) is 0.316. The average Bonchev–Trinajstić information content (AvgIpc) is 3.40. The zero-order valence-corrected chi connectivity index (χ0v) is 15.0. The van der Waals surface area contributed by atoms with Gasteiger partial charge in [-0.1, -0.05) is 37.1 Å². The van der Waals surface area contributed by atoms with E-state index < -0.39 is 0 Å². The smallest absolute Gasteiger partial charge is 0.292 e. The van der Waals surface area contributed by atoms with E-state index in [1.54, 1.807) is 19.2 Å². The van der Waals surface area contributed by atoms with E-state index in [2.05, 4.69) is 32.0 Å². The summed E-state index contributed by atoms with van der Waals surface area (Å²) in [7, 11) is 1.67. The number of nitrogens with zero attached hydrogens (tertiary/aromatic N) is 4. The molecule has 1 saturated carbocycles. The van der Waals surface area contributed by atoms with Crippen molar-refractivity contribution >= 4 is 11.4 Å². The molecule has 0 atom stereocenters. The Kier molecular flexibility index (Phi) is 4.53. The van der Waals surface area contributed by atoms with Crippen molar-refractivity contribution in [2.75, 3.05) is 12.4 Å². The van der Waals surface area contributed by atoms with Crippen molar-refractivity contribution in [1.29, 1.82) is 0 Å². The number of anilines is 1. The zero-order valence-electron chi connectivity index (χ0n) is 15.0. The molecule has 138 valence electrons. The highest BCUT2D eigenvalue weighted by Crippen LogP contribution is 2.43. The van der Waals surface area contributed by atoms with Crippen LogP contribution in [0, 0.1) is 10.1 Å². The highest BCUT2D eigenvalue weighted by Gasteiger charge is 2.25. The molecular weight excluding hydrogens is 344 g/mol. The van der Waals surface area contributed by atoms with Crippen molar-refractivity contribution in [2.45, 2.75) is 31.6 Å². The van der Waals surface area contributed by atoms with E-state index in [1.807, 2.05) is 18.2 Å². The Morgan fingerprint density at radius 1 is 1.22 bits per heavy atom. The molecule has 27 heavy (non-hydrogen) atoms. The lowest BCUT2D eigenvalue weighted by atomic mass is 9.87. The molecule has 3 aromatic rings. The van der Waals surface area contributed by atoms with E-state index in [0.29, 0.717) is 17.4 Å². The number of rotatable bonds is 5. The van der Waals surface area contributed by atoms with Crippen molar-refractivity contribution in [3.63, 3.8) is 0 Å². The molecular formula is C19H20N6O2. The summed E-state index contributed by atoms with van der Waals surface area (Å²) in [5.41, 5.74) is 4.32. The first-order valence-electron chi connectivity index (χ1n) is 9.02. The molecule has 4 rings (SSSR count). The number of H-pyrrole nitrogens is 1. The summed E-state index contributed by atoms with van der Waals surface area (Å²) in [6, 6.07) is 11.3. The maximum Gasteiger partial charge on any atom is 0.292 e. The number of hydrogen-bond acceptors (Lipinski definition) is 6. The van der Waals surface area contributed by atoms with Crippen LogP contribution in [0.3, 0.4) is 0 Å². The third-order valence-electron chi connectivity index (χ3n) is 5.25. The molecule has 0 bridgehead atoms. The average molecular weight is 364 g/mol. The number of nitro benzene ring substituents is 1. The van der Waals surface area contributed by atoms with Gasteiger partial charge in [-0.05, 0) is 51.9 Å². The van der Waals surface area contributed by atoms with Crippen LogP contribution < -0.4 is 5.32 Å². The van der Waals surface area contributed by atoms with Gasteiger partial charge in [0.25, 0.3) is 5.69 Å². The topological polar surface area (TPSA) is 110 Å². The molecule has 0 saturated heterocycles. The first kappa shape index (κ1) is 17.1. The summed E-state index contributed by atoms with van der Waals surface area (Å²) in [6.45, 7) is 0. The van der Waals surface area contributed by atoms with Gasteiger partial charge in [-0.25, -0.2) is 5.10 Å². The number of tetrazole rings is 1. The monoisotopic (exact) mass is 364 g/mol. The lowest BCUT2D eigenvalue weighted by Gasteiger charge is -2.17. The summed E-state index contributed by atoms with van der Waals surface area (Å²) < 4.78 is 0. The maximum absolute atomic E-state index is 11.5. The molecule has 1 aromatic heterocycles. The minimum atomic E-state index is -0.369. The van der Waals surface area contributed by atoms with Crippen molar-refractivity contribution < 1.29 is 4.92 Å². The second kappa shape index (κ2) is 7.14. The number of hydrogen-bond donors (Lipinski definition) is 2. The molecule has 2 aromatic carbocycles. The molecule has 0 aliphatic heterocycles. The van der Waals surface area contributed by atoms with E-state index in [9.17, 15) is 10.1 Å². The molecule has 0 unspecified atom stereocenters. The molecule has 0 radical (unpaired) electrons. The molecule has 8 nitrogen and oxygen atoms in total. The highest BCUT2D eigenvalue weighted by molar-refractivity contribution is 5.85. The van der Waals surface area contributed by atoms with E-state index in [-0.39, 0.29) is 10.6 Å². The number of nitrogens with one attached hydrogen (secondary N) is 2. The lowest BCUT2D eigenvalue weighted by Crippen LogP contribution is -2.01. The van der Waals surface area contributed by atoms with E-state index in [0.717, 1.165) is 29.5 Å². The molecule has 1 aliphatic carbocycles. The quantitative estimate of drug-likeness (QED) is 0.520. The van der Waals surface area contributed by atoms with Gasteiger partial charge in [-0.15, -0.1) is 5.10 Å². The van der Waals surface area contributed by atoms with Crippen LogP contribution in [-0.2, 0) is 0 Å². The standard InChI is InChI=1S/C19H20N6O2/c1-20-16-10-9-13(11-17(16)25(26)27)15-8-4-7-14(12-5-2-3-6-12)18(15)19-21-23-24-22-19/h4,7-12,20H,2-3,5-6H2,1H3,(H,21,22,23,24). The highest BCUT2D eigenvalue weighted by atomic mass is 16.6. The molecule has 8 heteroatoms. The Labute approximate surface area is 156 Å². The Morgan fingerprint density at radius 2 is 2.04 bits per heavy atom. The van der Waals surface area contributed by atoms with Crippen LogP contribution in [-0.4, -0.2) is 32.6 Å². The third kappa shape index (κ3) is 3.14. The molecule has 1 fully saturated rings. The maximum atomic E-state index is 11.5. The molecule has 0 amide bonds. The Balaban J connectivity index is 1.92. The second-order valence-corrected chi connectivity index (χ2v) is 6.74. The van der Waals surface area contributed by atoms with Gasteiger partial charge < -0.3 is 5.32 Å². The van der Waals surface area contributed by atoms with E-state index in [4.69, 9.17) is 0 Å². The fourth-order valence-corrected chi connectivity index (χ4v) is 3.98. The Hall–Kier alpha value is -3.29. The van der Waals surface area contributed by atoms with Gasteiger partial charge in [-0.3, -0.25) is 10.1 Å². The van der Waals surface area contributed by atoms with E-state index in [1.165, 1.54) is 18.4 Å². The van der Waals surface area contributed by atoms with Crippen LogP contribution >= 0.6 is 0 Å². The number of benzene rings is 2. The SMILES string of the molecule is CNc1ccc(-c2cccc(C3CCCC3)c2-c2nnn[nH]2)cc1[N+](=O)[O-]. The zero-order chi connectivity index (χ0) is 18.8. The van der Waals surface area contributed by atoms with Gasteiger partial charge in [0.1, 0.15) is 5.69 Å². The first-order chi connectivity index (χ1) is 13.2. The van der Waals surface area contributed by atoms with Crippen LogP contribution in [0.15, 0.2) is 36.4 Å². The second-order valence-electron chi connectivity index (χ2n) is 6.74. The van der Waals surface area contributed by atoms with Crippen LogP contribution in [0.2, 0.25) is 0 Å². The van der Waals surface area contributed by atoms with Crippen molar-refractivity contribution in [1.82, 2.24) is 20.6 Å². The largest absolute Gasteiger partial charge is 0.383 e. The first-order valence-corrected chi connectivity index (χ1v) is 9.02. The van der Waals surface area contributed by atoms with Crippen LogP contribution in [0.25, 0.3) is 22.5 Å². The Morgan fingerprint density at radius 3 is 2.70 bits per heavy atom. The lowest BCUT2D eigenvalue weighted by molar-refractivity contribution is -0.383. The molecule has 1 aliphatic rings. The van der Waals surface area contributed by atoms with Crippen molar-refractivity contribution in [3.8, 4) is 22.5 Å². The van der Waals surface area contributed by atoms with Crippen LogP contribution in [0.4, 0.5) is 11.4 Å². The molecule has 2 N–H and O–H groups in total. The predicted octanol–water partition coefficient (Wildman–Crippen LogP) is 4.14. The fourth-order valence-electron chi connectivity index (χ4n) is 3.98. The predicted molar refractivity (Wildman–Crippen MR) is 102 cm³/mol. The number of nitro groups is 1. The van der Waals surface area contributed by atoms with Crippen LogP contribution in [0.5, 0.6) is 0 Å². The van der Waals surface area contributed by atoms with Gasteiger partial charge in [0.15, 0.2) is 5.82 Å². The summed E-state index contributed by atoms with van der Waals surface area (Å²) in [5, 5.41) is 28.8. The van der Waals surface area contributed by atoms with Crippen LogP contribution in [0.1, 0.15) is 37.2 Å². The minimum absolute atomic E-state index is 0.0444. The van der Waals surface area contributed by atoms with Crippen molar-refractivity contribution in [2.24, 2.45) is 0 Å². The summed E-state index contributed by atoms with van der Waals surface area (Å²) in [5.74, 6) is 1.05. The van der Waals surface area contributed by atoms with Gasteiger partial charge in [0, 0.05) is 18.7 Å². The van der Waals surface area contributed by atoms with Gasteiger partial charge in [0.2, 0.25) is 0 Å². The summed E-state index contributed by atoms with van der Waals surface area (Å²) in [4.78, 5) is 11.1. The van der Waals surface area contributed by atoms with Gasteiger partial charge >= 0.3 is 0 Å². The molecule has 0 spiro atoms. The minimum Gasteiger partial charge on any atom is -0.383 e. The van der Waals surface area contributed by atoms with Crippen molar-refractivity contribution in [3.05, 3.63) is 52.1 Å². The number of aromatic amines is 1. The van der Waals surface area contributed by atoms with E-state index >= 15 is 0 Å². The molecule has 1 heterocycles. The summed E-state index contributed by atoms with van der Waals surface area (Å²) in [6.07, 6.45) is 4.70. The third-order valence-corrected chi connectivity index (χ3v) is 5.25. The number of aromatic nitrogens is 4. The summed E-state index contributed by atoms with van der Waals surface area (Å²) >= 11 is 0. The van der Waals surface area contributed by atoms with Gasteiger partial charge in [-0.2, -0.15) is 0 Å². The van der Waals surface area contributed by atoms with Gasteiger partial charge in [0.05, 0.1) is 4.92 Å². The normalized spacial score (nSPS) is 14.4. The Bertz CT molecular complexity index is 964.